The first-order valence-electron chi connectivity index (χ1n) is 8.05. The molecule has 2 aliphatic rings. The number of halogens is 1. The Hall–Kier alpha value is -0.550. The van der Waals surface area contributed by atoms with Crippen molar-refractivity contribution in [2.75, 3.05) is 26.2 Å². The topological polar surface area (TPSA) is 23.6 Å². The van der Waals surface area contributed by atoms with Gasteiger partial charge in [-0.3, -0.25) is 4.90 Å². The van der Waals surface area contributed by atoms with Crippen molar-refractivity contribution in [3.63, 3.8) is 0 Å². The lowest BCUT2D eigenvalue weighted by Crippen LogP contribution is -2.52. The third-order valence-electron chi connectivity index (χ3n) is 4.57. The van der Waals surface area contributed by atoms with E-state index in [0.29, 0.717) is 15.5 Å². The summed E-state index contributed by atoms with van der Waals surface area (Å²) in [7, 11) is -2.47. The fraction of sp³-hybridized carbons (Fsp3) is 0.588. The van der Waals surface area contributed by atoms with E-state index in [0.717, 1.165) is 26.2 Å². The van der Waals surface area contributed by atoms with Crippen LogP contribution in [0.3, 0.4) is 0 Å². The Morgan fingerprint density at radius 3 is 2.18 bits per heavy atom. The predicted molar refractivity (Wildman–Crippen MR) is 97.1 cm³/mol. The maximum Gasteiger partial charge on any atom is 0.0633 e. The largest absolute Gasteiger partial charge is 0.295 e. The number of rotatable bonds is 3. The molecular formula is C17H27ClN2OS. The van der Waals surface area contributed by atoms with Gasteiger partial charge in [-0.15, -0.1) is 0 Å². The summed E-state index contributed by atoms with van der Waals surface area (Å²) >= 11 is 6.18. The van der Waals surface area contributed by atoms with Gasteiger partial charge in [-0.2, -0.15) is 0 Å². The highest BCUT2D eigenvalue weighted by atomic mass is 35.5. The average molecular weight is 343 g/mol. The molecule has 0 aromatic heterocycles. The molecule has 22 heavy (non-hydrogen) atoms. The fourth-order valence-electron chi connectivity index (χ4n) is 2.86. The molecule has 1 aliphatic heterocycles. The van der Waals surface area contributed by atoms with Crippen LogP contribution < -0.4 is 0 Å². The fourth-order valence-corrected chi connectivity index (χ4v) is 5.06. The molecule has 3 nitrogen and oxygen atoms in total. The van der Waals surface area contributed by atoms with Crippen LogP contribution in [0.25, 0.3) is 0 Å². The molecule has 5 heteroatoms. The van der Waals surface area contributed by atoms with E-state index in [1.54, 1.807) is 6.07 Å². The van der Waals surface area contributed by atoms with Crippen LogP contribution in [0.4, 0.5) is 0 Å². The molecule has 0 radical (unpaired) electrons. The summed E-state index contributed by atoms with van der Waals surface area (Å²) < 4.78 is 15.0. The Bertz CT molecular complexity index is 603. The van der Waals surface area contributed by atoms with Crippen molar-refractivity contribution < 1.29 is 4.21 Å². The minimum Gasteiger partial charge on any atom is -0.295 e. The first kappa shape index (κ1) is 17.8. The molecule has 3 rings (SSSR count). The zero-order valence-corrected chi connectivity index (χ0v) is 15.4. The summed E-state index contributed by atoms with van der Waals surface area (Å²) in [4.78, 5) is 3.18. The third kappa shape index (κ3) is 3.51. The van der Waals surface area contributed by atoms with Crippen molar-refractivity contribution >= 4 is 27.2 Å². The summed E-state index contributed by atoms with van der Waals surface area (Å²) in [5, 5.41) is 0.545. The molecule has 1 heterocycles. The van der Waals surface area contributed by atoms with E-state index in [9.17, 15) is 4.21 Å². The minimum atomic E-state index is -2.47. The number of benzene rings is 1. The zero-order chi connectivity index (χ0) is 16.4. The molecule has 0 bridgehead atoms. The second-order valence-corrected chi connectivity index (χ2v) is 8.63. The van der Waals surface area contributed by atoms with Crippen LogP contribution in [0.1, 0.15) is 33.6 Å². The highest BCUT2D eigenvalue weighted by Crippen LogP contribution is 2.41. The SMILES string of the molecule is C=S(=O)(c1ccccc1Cl)N1CCN(C2(C)CC2)CC1.CC. The number of nitrogens with zero attached hydrogens (tertiary/aromatic N) is 2. The molecule has 2 fully saturated rings. The van der Waals surface area contributed by atoms with Gasteiger partial charge in [0.2, 0.25) is 0 Å². The molecule has 0 N–H and O–H groups in total. The summed E-state index contributed by atoms with van der Waals surface area (Å²) in [5.41, 5.74) is 0.401. The Labute approximate surface area is 140 Å². The maximum atomic E-state index is 13.0. The standard InChI is InChI=1S/C15H21ClN2OS.C2H6/c1-15(7-8-15)17-9-11-18(12-10-17)20(2,19)14-6-4-3-5-13(14)16;1-2/h3-6H,2,7-12H2,1H3;1-2H3. The third-order valence-corrected chi connectivity index (χ3v) is 7.26. The molecule has 1 unspecified atom stereocenters. The van der Waals surface area contributed by atoms with Crippen molar-refractivity contribution in [3.05, 3.63) is 29.3 Å². The molecule has 124 valence electrons. The Balaban J connectivity index is 0.000000847. The van der Waals surface area contributed by atoms with Crippen molar-refractivity contribution in [2.45, 2.75) is 44.0 Å². The smallest absolute Gasteiger partial charge is 0.0633 e. The number of hydrogen-bond donors (Lipinski definition) is 0. The van der Waals surface area contributed by atoms with E-state index in [2.05, 4.69) is 17.7 Å². The normalized spacial score (nSPS) is 24.0. The van der Waals surface area contributed by atoms with E-state index in [-0.39, 0.29) is 0 Å². The molecule has 1 aromatic rings. The Morgan fingerprint density at radius 1 is 1.14 bits per heavy atom. The molecule has 0 amide bonds. The summed E-state index contributed by atoms with van der Waals surface area (Å²) in [6.07, 6.45) is 2.58. The van der Waals surface area contributed by atoms with Gasteiger partial charge in [0.15, 0.2) is 0 Å². The van der Waals surface area contributed by atoms with E-state index < -0.39 is 9.71 Å². The van der Waals surface area contributed by atoms with E-state index >= 15 is 0 Å². The van der Waals surface area contributed by atoms with Crippen LogP contribution in [0.2, 0.25) is 5.02 Å². The van der Waals surface area contributed by atoms with Crippen molar-refractivity contribution in [1.82, 2.24) is 9.21 Å². The summed E-state index contributed by atoms with van der Waals surface area (Å²) in [5.74, 6) is 3.98. The molecule has 1 saturated heterocycles. The van der Waals surface area contributed by atoms with Crippen LogP contribution in [0, 0.1) is 0 Å². The van der Waals surface area contributed by atoms with Crippen LogP contribution in [0.5, 0.6) is 0 Å². The molecular weight excluding hydrogens is 316 g/mol. The van der Waals surface area contributed by atoms with E-state index in [1.165, 1.54) is 12.8 Å². The van der Waals surface area contributed by atoms with E-state index in [4.69, 9.17) is 11.6 Å². The van der Waals surface area contributed by atoms with Gasteiger partial charge in [0.05, 0.1) is 19.6 Å². The zero-order valence-electron chi connectivity index (χ0n) is 13.8. The minimum absolute atomic E-state index is 0.401. The highest BCUT2D eigenvalue weighted by Gasteiger charge is 2.44. The lowest BCUT2D eigenvalue weighted by Gasteiger charge is -2.39. The van der Waals surface area contributed by atoms with Gasteiger partial charge < -0.3 is 0 Å². The molecule has 1 aliphatic carbocycles. The van der Waals surface area contributed by atoms with Gasteiger partial charge in [-0.25, -0.2) is 8.51 Å². The second-order valence-electron chi connectivity index (χ2n) is 5.98. The first-order chi connectivity index (χ1) is 10.4. The van der Waals surface area contributed by atoms with Gasteiger partial charge in [-0.1, -0.05) is 37.6 Å². The van der Waals surface area contributed by atoms with Crippen LogP contribution in [-0.4, -0.2) is 51.0 Å². The van der Waals surface area contributed by atoms with Crippen LogP contribution in [-0.2, 0) is 9.71 Å². The van der Waals surface area contributed by atoms with Crippen molar-refractivity contribution in [3.8, 4) is 0 Å². The van der Waals surface area contributed by atoms with Crippen molar-refractivity contribution in [2.24, 2.45) is 0 Å². The Kier molecular flexibility index (Phi) is 5.59. The lowest BCUT2D eigenvalue weighted by atomic mass is 10.2. The quantitative estimate of drug-likeness (QED) is 0.784. The average Bonchev–Trinajstić information content (AvgIpc) is 3.29. The molecule has 1 aromatic carbocycles. The van der Waals surface area contributed by atoms with Gasteiger partial charge in [0.1, 0.15) is 0 Å². The van der Waals surface area contributed by atoms with E-state index in [1.807, 2.05) is 36.4 Å². The highest BCUT2D eigenvalue weighted by molar-refractivity contribution is 7.98. The van der Waals surface area contributed by atoms with Crippen molar-refractivity contribution in [1.29, 1.82) is 0 Å². The monoisotopic (exact) mass is 342 g/mol. The Morgan fingerprint density at radius 2 is 1.68 bits per heavy atom. The maximum absolute atomic E-state index is 13.0. The van der Waals surface area contributed by atoms with Crippen LogP contribution in [0.15, 0.2) is 29.2 Å². The summed E-state index contributed by atoms with van der Waals surface area (Å²) in [6.45, 7) is 9.84. The number of piperazine rings is 1. The molecule has 0 spiro atoms. The van der Waals surface area contributed by atoms with Crippen LogP contribution >= 0.6 is 11.6 Å². The van der Waals surface area contributed by atoms with Gasteiger partial charge >= 0.3 is 0 Å². The molecule has 1 saturated carbocycles. The second kappa shape index (κ2) is 6.91. The lowest BCUT2D eigenvalue weighted by molar-refractivity contribution is 0.134. The first-order valence-corrected chi connectivity index (χ1v) is 10.1. The predicted octanol–water partition coefficient (Wildman–Crippen LogP) is 3.53. The van der Waals surface area contributed by atoms with Gasteiger partial charge in [-0.05, 0) is 37.8 Å². The summed E-state index contributed by atoms with van der Waals surface area (Å²) in [6, 6.07) is 7.33. The van der Waals surface area contributed by atoms with Gasteiger partial charge in [0, 0.05) is 31.7 Å². The number of hydrogen-bond acceptors (Lipinski definition) is 2. The molecule has 1 atom stereocenters. The van der Waals surface area contributed by atoms with Gasteiger partial charge in [0.25, 0.3) is 0 Å².